The smallest absolute Gasteiger partial charge is 0.338 e. The number of aliphatic hydroxyl groups is 1. The molecular weight excluding hydrogens is 292 g/mol. The third-order valence-corrected chi connectivity index (χ3v) is 3.67. The largest absolute Gasteiger partial charge is 0.460 e. The lowest BCUT2D eigenvalue weighted by molar-refractivity contribution is 0.0434. The zero-order valence-corrected chi connectivity index (χ0v) is 12.5. The Balaban J connectivity index is 1.88. The van der Waals surface area contributed by atoms with E-state index in [4.69, 9.17) is 9.84 Å². The minimum atomic E-state index is -0.429. The van der Waals surface area contributed by atoms with Crippen LogP contribution in [0.1, 0.15) is 33.2 Å². The van der Waals surface area contributed by atoms with Gasteiger partial charge in [0.05, 0.1) is 18.1 Å². The van der Waals surface area contributed by atoms with Gasteiger partial charge in [0.25, 0.3) is 0 Å². The molecule has 2 aromatic heterocycles. The van der Waals surface area contributed by atoms with Crippen molar-refractivity contribution in [1.29, 1.82) is 0 Å². The first-order chi connectivity index (χ1) is 11.3. The first kappa shape index (κ1) is 15.1. The molecule has 0 amide bonds. The van der Waals surface area contributed by atoms with Gasteiger partial charge in [-0.3, -0.25) is 0 Å². The molecule has 118 valence electrons. The van der Waals surface area contributed by atoms with Crippen LogP contribution in [-0.4, -0.2) is 34.3 Å². The quantitative estimate of drug-likeness (QED) is 0.613. The lowest BCUT2D eigenvalue weighted by Gasteiger charge is -2.15. The minimum Gasteiger partial charge on any atom is -0.460 e. The number of benzene rings is 1. The van der Waals surface area contributed by atoms with Crippen molar-refractivity contribution in [3.8, 4) is 0 Å². The highest BCUT2D eigenvalue weighted by atomic mass is 16.5. The van der Waals surface area contributed by atoms with Crippen molar-refractivity contribution < 1.29 is 14.6 Å². The van der Waals surface area contributed by atoms with Gasteiger partial charge < -0.3 is 19.8 Å². The van der Waals surface area contributed by atoms with Crippen molar-refractivity contribution in [3.05, 3.63) is 83.4 Å². The summed E-state index contributed by atoms with van der Waals surface area (Å²) in [6, 6.07) is 15.3. The molecule has 0 saturated heterocycles. The van der Waals surface area contributed by atoms with Gasteiger partial charge >= 0.3 is 5.97 Å². The Morgan fingerprint density at radius 1 is 1.00 bits per heavy atom. The predicted octanol–water partition coefficient (Wildman–Crippen LogP) is 2.67. The van der Waals surface area contributed by atoms with E-state index in [2.05, 4.69) is 9.97 Å². The standard InChI is InChI=1S/C18H18N2O3/c21-11-12-23-18(22)14-7-5-13(6-8-14)17(15-3-1-9-19-15)16-4-2-10-20-16/h1-10,17,19-21H,11-12H2. The van der Waals surface area contributed by atoms with Gasteiger partial charge in [-0.15, -0.1) is 0 Å². The second kappa shape index (κ2) is 6.98. The minimum absolute atomic E-state index is 0.00810. The SMILES string of the molecule is O=C(OCCO)c1ccc(C(c2ccc[nH]2)c2ccc[nH]2)cc1. The van der Waals surface area contributed by atoms with Crippen LogP contribution in [0.15, 0.2) is 60.9 Å². The number of nitrogens with one attached hydrogen (secondary N) is 2. The van der Waals surface area contributed by atoms with E-state index in [1.54, 1.807) is 12.1 Å². The Morgan fingerprint density at radius 2 is 1.61 bits per heavy atom. The molecule has 0 aliphatic heterocycles. The van der Waals surface area contributed by atoms with Crippen molar-refractivity contribution in [2.75, 3.05) is 13.2 Å². The number of ether oxygens (including phenoxy) is 1. The number of carbonyl (C=O) groups excluding carboxylic acids is 1. The average Bonchev–Trinajstić information content (AvgIpc) is 3.28. The fourth-order valence-electron chi connectivity index (χ4n) is 2.61. The van der Waals surface area contributed by atoms with Crippen LogP contribution in [0.3, 0.4) is 0 Å². The molecule has 0 atom stereocenters. The summed E-state index contributed by atoms with van der Waals surface area (Å²) in [5, 5.41) is 8.71. The Kier molecular flexibility index (Phi) is 4.59. The Hall–Kier alpha value is -2.79. The van der Waals surface area contributed by atoms with E-state index in [1.807, 2.05) is 48.8 Å². The summed E-state index contributed by atoms with van der Waals surface area (Å²) >= 11 is 0. The van der Waals surface area contributed by atoms with Gasteiger partial charge in [-0.05, 0) is 42.0 Å². The van der Waals surface area contributed by atoms with Crippen LogP contribution in [0, 0.1) is 0 Å². The Morgan fingerprint density at radius 3 is 2.09 bits per heavy atom. The van der Waals surface area contributed by atoms with Crippen LogP contribution in [0.4, 0.5) is 0 Å². The molecule has 0 radical (unpaired) electrons. The number of aromatic nitrogens is 2. The number of hydrogen-bond acceptors (Lipinski definition) is 3. The summed E-state index contributed by atoms with van der Waals surface area (Å²) in [6.45, 7) is -0.167. The van der Waals surface area contributed by atoms with Gasteiger partial charge in [0.2, 0.25) is 0 Å². The van der Waals surface area contributed by atoms with Crippen molar-refractivity contribution in [3.63, 3.8) is 0 Å². The molecule has 0 saturated carbocycles. The molecular formula is C18H18N2O3. The molecule has 0 fully saturated rings. The lowest BCUT2D eigenvalue weighted by Crippen LogP contribution is -2.09. The van der Waals surface area contributed by atoms with Crippen molar-refractivity contribution in [1.82, 2.24) is 9.97 Å². The fraction of sp³-hybridized carbons (Fsp3) is 0.167. The van der Waals surface area contributed by atoms with E-state index in [-0.39, 0.29) is 19.1 Å². The second-order valence-electron chi connectivity index (χ2n) is 5.17. The van der Waals surface area contributed by atoms with E-state index in [0.717, 1.165) is 17.0 Å². The van der Waals surface area contributed by atoms with E-state index < -0.39 is 5.97 Å². The van der Waals surface area contributed by atoms with Gasteiger partial charge in [-0.2, -0.15) is 0 Å². The summed E-state index contributed by atoms with van der Waals surface area (Å²) < 4.78 is 4.92. The molecule has 0 aliphatic rings. The monoisotopic (exact) mass is 310 g/mol. The highest BCUT2D eigenvalue weighted by molar-refractivity contribution is 5.89. The van der Waals surface area contributed by atoms with Gasteiger partial charge in [-0.25, -0.2) is 4.79 Å². The molecule has 5 nitrogen and oxygen atoms in total. The highest BCUT2D eigenvalue weighted by Crippen LogP contribution is 2.30. The maximum Gasteiger partial charge on any atom is 0.338 e. The molecule has 3 N–H and O–H groups in total. The summed E-state index contributed by atoms with van der Waals surface area (Å²) in [7, 11) is 0. The summed E-state index contributed by atoms with van der Waals surface area (Å²) in [5.74, 6) is -0.385. The van der Waals surface area contributed by atoms with E-state index in [9.17, 15) is 4.79 Å². The maximum atomic E-state index is 11.8. The van der Waals surface area contributed by atoms with Crippen LogP contribution in [0.25, 0.3) is 0 Å². The van der Waals surface area contributed by atoms with Crippen LogP contribution in [-0.2, 0) is 4.74 Å². The normalized spacial score (nSPS) is 10.9. The third kappa shape index (κ3) is 3.35. The van der Waals surface area contributed by atoms with E-state index in [0.29, 0.717) is 5.56 Å². The topological polar surface area (TPSA) is 78.1 Å². The van der Waals surface area contributed by atoms with Crippen LogP contribution in [0.5, 0.6) is 0 Å². The molecule has 1 aromatic carbocycles. The summed E-state index contributed by atoms with van der Waals surface area (Å²) in [5.41, 5.74) is 3.68. The van der Waals surface area contributed by atoms with Crippen LogP contribution < -0.4 is 0 Å². The number of esters is 1. The van der Waals surface area contributed by atoms with Gasteiger partial charge in [0.1, 0.15) is 6.61 Å². The maximum absolute atomic E-state index is 11.8. The Labute approximate surface area is 133 Å². The first-order valence-corrected chi connectivity index (χ1v) is 7.44. The second-order valence-corrected chi connectivity index (χ2v) is 5.17. The van der Waals surface area contributed by atoms with Crippen molar-refractivity contribution in [2.45, 2.75) is 5.92 Å². The van der Waals surface area contributed by atoms with E-state index >= 15 is 0 Å². The van der Waals surface area contributed by atoms with E-state index in [1.165, 1.54) is 0 Å². The average molecular weight is 310 g/mol. The molecule has 0 unspecified atom stereocenters. The molecule has 0 aliphatic carbocycles. The van der Waals surface area contributed by atoms with Crippen LogP contribution in [0.2, 0.25) is 0 Å². The molecule has 3 rings (SSSR count). The predicted molar refractivity (Wildman–Crippen MR) is 86.3 cm³/mol. The zero-order valence-electron chi connectivity index (χ0n) is 12.5. The van der Waals surface area contributed by atoms with Crippen LogP contribution >= 0.6 is 0 Å². The number of H-pyrrole nitrogens is 2. The van der Waals surface area contributed by atoms with Gasteiger partial charge in [0.15, 0.2) is 0 Å². The van der Waals surface area contributed by atoms with Gasteiger partial charge in [0, 0.05) is 23.8 Å². The third-order valence-electron chi connectivity index (χ3n) is 3.67. The molecule has 2 heterocycles. The number of rotatable bonds is 6. The first-order valence-electron chi connectivity index (χ1n) is 7.44. The number of carbonyl (C=O) groups is 1. The van der Waals surface area contributed by atoms with Gasteiger partial charge in [-0.1, -0.05) is 12.1 Å². The molecule has 23 heavy (non-hydrogen) atoms. The zero-order chi connectivity index (χ0) is 16.1. The molecule has 5 heteroatoms. The number of hydrogen-bond donors (Lipinski definition) is 3. The van der Waals surface area contributed by atoms with Crippen molar-refractivity contribution >= 4 is 5.97 Å². The number of aliphatic hydroxyl groups excluding tert-OH is 1. The number of aromatic amines is 2. The summed E-state index contributed by atoms with van der Waals surface area (Å²) in [6.07, 6.45) is 3.79. The fourth-order valence-corrected chi connectivity index (χ4v) is 2.61. The molecule has 0 spiro atoms. The molecule has 3 aromatic rings. The lowest BCUT2D eigenvalue weighted by atomic mass is 9.92. The Bertz CT molecular complexity index is 697. The summed E-state index contributed by atoms with van der Waals surface area (Å²) in [4.78, 5) is 18.3. The van der Waals surface area contributed by atoms with Crippen molar-refractivity contribution in [2.24, 2.45) is 0 Å². The highest BCUT2D eigenvalue weighted by Gasteiger charge is 2.19. The molecule has 0 bridgehead atoms.